The Morgan fingerprint density at radius 1 is 1.13 bits per heavy atom. The normalized spacial score (nSPS) is 13.3. The van der Waals surface area contributed by atoms with Crippen molar-refractivity contribution in [2.75, 3.05) is 6.54 Å². The van der Waals surface area contributed by atoms with E-state index in [4.69, 9.17) is 5.73 Å². The smallest absolute Gasteiger partial charge is 0.222 e. The number of nitrogens with two attached hydrogens (primary N) is 1. The van der Waals surface area contributed by atoms with Gasteiger partial charge in [0.1, 0.15) is 5.82 Å². The number of hydrogen-bond acceptors (Lipinski definition) is 2. The molecule has 2 unspecified atom stereocenters. The van der Waals surface area contributed by atoms with E-state index in [1.165, 1.54) is 6.07 Å². The molecule has 0 bridgehead atoms. The fourth-order valence-electron chi connectivity index (χ4n) is 2.41. The van der Waals surface area contributed by atoms with Crippen molar-refractivity contribution in [2.45, 2.75) is 25.8 Å². The van der Waals surface area contributed by atoms with Crippen LogP contribution in [-0.2, 0) is 11.2 Å². The molecule has 0 fully saturated rings. The van der Waals surface area contributed by atoms with E-state index >= 15 is 0 Å². The number of carbonyl (C=O) groups is 1. The maximum atomic E-state index is 13.6. The number of amides is 1. The Morgan fingerprint density at radius 3 is 2.48 bits per heavy atom. The van der Waals surface area contributed by atoms with Crippen LogP contribution in [0, 0.1) is 11.7 Å². The molecule has 2 atom stereocenters. The number of rotatable bonds is 7. The number of carbonyl (C=O) groups excluding carboxylic acids is 1. The summed E-state index contributed by atoms with van der Waals surface area (Å²) in [5.74, 6) is -0.448. The summed E-state index contributed by atoms with van der Waals surface area (Å²) in [4.78, 5) is 12.1. The van der Waals surface area contributed by atoms with Crippen molar-refractivity contribution in [1.82, 2.24) is 5.32 Å². The molecule has 0 aliphatic heterocycles. The number of hydrogen-bond donors (Lipinski definition) is 2. The van der Waals surface area contributed by atoms with Crippen molar-refractivity contribution in [3.05, 3.63) is 71.5 Å². The molecule has 0 aliphatic carbocycles. The largest absolute Gasteiger partial charge is 0.354 e. The van der Waals surface area contributed by atoms with E-state index in [9.17, 15) is 9.18 Å². The summed E-state index contributed by atoms with van der Waals surface area (Å²) in [6, 6.07) is 16.1. The van der Waals surface area contributed by atoms with Crippen molar-refractivity contribution < 1.29 is 9.18 Å². The third-order valence-corrected chi connectivity index (χ3v) is 3.98. The molecule has 0 aromatic heterocycles. The third-order valence-electron chi connectivity index (χ3n) is 3.98. The van der Waals surface area contributed by atoms with Crippen LogP contribution in [0.5, 0.6) is 0 Å². The molecule has 0 saturated heterocycles. The highest BCUT2D eigenvalue weighted by Crippen LogP contribution is 2.14. The second-order valence-electron chi connectivity index (χ2n) is 5.79. The average Bonchev–Trinajstić information content (AvgIpc) is 2.59. The van der Waals surface area contributed by atoms with Crippen LogP contribution in [0.15, 0.2) is 54.6 Å². The highest BCUT2D eigenvalue weighted by molar-refractivity contribution is 5.78. The summed E-state index contributed by atoms with van der Waals surface area (Å²) in [6.07, 6.45) is 1.15. The van der Waals surface area contributed by atoms with Gasteiger partial charge in [-0.15, -0.1) is 0 Å². The first-order chi connectivity index (χ1) is 11.1. The fraction of sp³-hybridized carbons (Fsp3) is 0.316. The van der Waals surface area contributed by atoms with Crippen molar-refractivity contribution >= 4 is 5.91 Å². The molecule has 0 saturated carbocycles. The molecule has 122 valence electrons. The Bertz CT molecular complexity index is 630. The van der Waals surface area contributed by atoms with Crippen LogP contribution in [0.2, 0.25) is 0 Å². The minimum Gasteiger partial charge on any atom is -0.354 e. The molecule has 0 radical (unpaired) electrons. The molecule has 3 nitrogen and oxygen atoms in total. The fourth-order valence-corrected chi connectivity index (χ4v) is 2.41. The van der Waals surface area contributed by atoms with Gasteiger partial charge in [-0.3, -0.25) is 4.79 Å². The lowest BCUT2D eigenvalue weighted by Gasteiger charge is -2.16. The van der Waals surface area contributed by atoms with Gasteiger partial charge in [0.2, 0.25) is 5.91 Å². The van der Waals surface area contributed by atoms with Crippen LogP contribution in [0.1, 0.15) is 30.5 Å². The van der Waals surface area contributed by atoms with Crippen molar-refractivity contribution in [3.63, 3.8) is 0 Å². The van der Waals surface area contributed by atoms with E-state index in [2.05, 4.69) is 5.32 Å². The number of benzene rings is 2. The lowest BCUT2D eigenvalue weighted by Crippen LogP contribution is -2.35. The molecular formula is C19H23FN2O. The summed E-state index contributed by atoms with van der Waals surface area (Å²) in [5.41, 5.74) is 7.70. The van der Waals surface area contributed by atoms with E-state index < -0.39 is 0 Å². The second-order valence-corrected chi connectivity index (χ2v) is 5.79. The van der Waals surface area contributed by atoms with Gasteiger partial charge in [-0.05, 0) is 30.0 Å². The first-order valence-electron chi connectivity index (χ1n) is 7.89. The minimum absolute atomic E-state index is 0.0484. The maximum absolute atomic E-state index is 13.6. The van der Waals surface area contributed by atoms with Crippen LogP contribution >= 0.6 is 0 Å². The van der Waals surface area contributed by atoms with Gasteiger partial charge in [0.15, 0.2) is 0 Å². The Labute approximate surface area is 136 Å². The van der Waals surface area contributed by atoms with E-state index in [1.807, 2.05) is 43.3 Å². The van der Waals surface area contributed by atoms with E-state index in [1.54, 1.807) is 12.1 Å². The molecule has 23 heavy (non-hydrogen) atoms. The lowest BCUT2D eigenvalue weighted by molar-refractivity contribution is -0.124. The maximum Gasteiger partial charge on any atom is 0.222 e. The van der Waals surface area contributed by atoms with Crippen LogP contribution < -0.4 is 11.1 Å². The number of nitrogens with one attached hydrogen (secondary N) is 1. The monoisotopic (exact) mass is 314 g/mol. The SMILES string of the molecule is CC(CCc1ccccc1F)C(=O)NCC(N)c1ccccc1. The lowest BCUT2D eigenvalue weighted by atomic mass is 9.99. The first kappa shape index (κ1) is 17.2. The van der Waals surface area contributed by atoms with E-state index in [0.29, 0.717) is 24.9 Å². The highest BCUT2D eigenvalue weighted by atomic mass is 19.1. The van der Waals surface area contributed by atoms with Crippen molar-refractivity contribution in [1.29, 1.82) is 0 Å². The van der Waals surface area contributed by atoms with Gasteiger partial charge in [0.05, 0.1) is 0 Å². The zero-order valence-corrected chi connectivity index (χ0v) is 13.3. The van der Waals surface area contributed by atoms with Gasteiger partial charge in [0, 0.05) is 18.5 Å². The summed E-state index contributed by atoms with van der Waals surface area (Å²) in [7, 11) is 0. The minimum atomic E-state index is -0.223. The van der Waals surface area contributed by atoms with E-state index in [-0.39, 0.29) is 23.7 Å². The highest BCUT2D eigenvalue weighted by Gasteiger charge is 2.15. The van der Waals surface area contributed by atoms with Crippen molar-refractivity contribution in [3.8, 4) is 0 Å². The molecule has 2 aromatic carbocycles. The van der Waals surface area contributed by atoms with E-state index in [0.717, 1.165) is 5.56 Å². The topological polar surface area (TPSA) is 55.1 Å². The van der Waals surface area contributed by atoms with Gasteiger partial charge in [-0.1, -0.05) is 55.5 Å². The Balaban J connectivity index is 1.78. The molecule has 0 spiro atoms. The molecular weight excluding hydrogens is 291 g/mol. The Morgan fingerprint density at radius 2 is 1.78 bits per heavy atom. The summed E-state index contributed by atoms with van der Waals surface area (Å²) >= 11 is 0. The van der Waals surface area contributed by atoms with Gasteiger partial charge in [-0.25, -0.2) is 4.39 Å². The van der Waals surface area contributed by atoms with Gasteiger partial charge in [0.25, 0.3) is 0 Å². The van der Waals surface area contributed by atoms with Crippen LogP contribution in [0.3, 0.4) is 0 Å². The molecule has 1 amide bonds. The molecule has 0 aliphatic rings. The average molecular weight is 314 g/mol. The predicted molar refractivity (Wildman–Crippen MR) is 90.3 cm³/mol. The standard InChI is InChI=1S/C19H23FN2O/c1-14(11-12-15-7-5-6-10-17(15)20)19(23)22-13-18(21)16-8-3-2-4-9-16/h2-10,14,18H,11-13,21H2,1H3,(H,22,23). The van der Waals surface area contributed by atoms with Gasteiger partial charge >= 0.3 is 0 Å². The molecule has 3 N–H and O–H groups in total. The summed E-state index contributed by atoms with van der Waals surface area (Å²) in [5, 5.41) is 2.87. The molecule has 2 rings (SSSR count). The van der Waals surface area contributed by atoms with Crippen LogP contribution in [-0.4, -0.2) is 12.5 Å². The van der Waals surface area contributed by atoms with Crippen LogP contribution in [0.4, 0.5) is 4.39 Å². The predicted octanol–water partition coefficient (Wildman–Crippen LogP) is 3.21. The molecule has 4 heteroatoms. The van der Waals surface area contributed by atoms with Crippen LogP contribution in [0.25, 0.3) is 0 Å². The van der Waals surface area contributed by atoms with Crippen molar-refractivity contribution in [2.24, 2.45) is 11.7 Å². The summed E-state index contributed by atoms with van der Waals surface area (Å²) in [6.45, 7) is 2.25. The number of halogens is 1. The number of aryl methyl sites for hydroxylation is 1. The third kappa shape index (κ3) is 5.18. The first-order valence-corrected chi connectivity index (χ1v) is 7.89. The zero-order valence-electron chi connectivity index (χ0n) is 13.3. The Hall–Kier alpha value is -2.20. The molecule has 0 heterocycles. The van der Waals surface area contributed by atoms with Gasteiger partial charge < -0.3 is 11.1 Å². The Kier molecular flexibility index (Phi) is 6.29. The quantitative estimate of drug-likeness (QED) is 0.824. The van der Waals surface area contributed by atoms with Gasteiger partial charge in [-0.2, -0.15) is 0 Å². The molecule has 2 aromatic rings. The second kappa shape index (κ2) is 8.44. The summed E-state index contributed by atoms with van der Waals surface area (Å²) < 4.78 is 13.6. The zero-order chi connectivity index (χ0) is 16.7.